The Morgan fingerprint density at radius 1 is 1.10 bits per heavy atom. The smallest absolute Gasteiger partial charge is 0.191 e. The monoisotopic (exact) mass is 434 g/mol. The molecule has 162 valence electrons. The van der Waals surface area contributed by atoms with E-state index in [9.17, 15) is 0 Å². The molecule has 4 rings (SSSR count). The summed E-state index contributed by atoms with van der Waals surface area (Å²) in [6.07, 6.45) is 2.18. The van der Waals surface area contributed by atoms with Crippen molar-refractivity contribution < 1.29 is 4.74 Å². The second-order valence-corrected chi connectivity index (χ2v) is 9.17. The summed E-state index contributed by atoms with van der Waals surface area (Å²) < 4.78 is 10.5. The van der Waals surface area contributed by atoms with E-state index in [0.29, 0.717) is 12.5 Å². The summed E-state index contributed by atoms with van der Waals surface area (Å²) in [5, 5.41) is 11.1. The summed E-state index contributed by atoms with van der Waals surface area (Å²) in [7, 11) is 2.04. The average molecular weight is 435 g/mol. The van der Waals surface area contributed by atoms with E-state index in [1.807, 2.05) is 7.05 Å². The SMILES string of the molecule is CCn1cc(-c2nnc(SCCOc3cc(C)ccc3C(C)C)n2C)c2ccccc21. The van der Waals surface area contributed by atoms with Gasteiger partial charge in [-0.05, 0) is 43.0 Å². The highest BCUT2D eigenvalue weighted by Crippen LogP contribution is 2.31. The van der Waals surface area contributed by atoms with E-state index in [1.54, 1.807) is 11.8 Å². The Morgan fingerprint density at radius 2 is 1.90 bits per heavy atom. The van der Waals surface area contributed by atoms with Crippen LogP contribution in [0.4, 0.5) is 0 Å². The first-order valence-electron chi connectivity index (χ1n) is 10.8. The van der Waals surface area contributed by atoms with Crippen LogP contribution in [0.3, 0.4) is 0 Å². The summed E-state index contributed by atoms with van der Waals surface area (Å²) in [5.74, 6) is 3.14. The molecule has 0 saturated carbocycles. The number of nitrogens with zero attached hydrogens (tertiary/aromatic N) is 4. The number of para-hydroxylation sites is 1. The van der Waals surface area contributed by atoms with Gasteiger partial charge in [0.2, 0.25) is 0 Å². The molecule has 0 amide bonds. The van der Waals surface area contributed by atoms with E-state index in [0.717, 1.165) is 34.6 Å². The molecule has 31 heavy (non-hydrogen) atoms. The minimum absolute atomic E-state index is 0.440. The van der Waals surface area contributed by atoms with Gasteiger partial charge in [-0.1, -0.05) is 55.9 Å². The lowest BCUT2D eigenvalue weighted by atomic mass is 10.0. The molecule has 0 radical (unpaired) electrons. The predicted molar refractivity (Wildman–Crippen MR) is 129 cm³/mol. The number of aryl methyl sites for hydroxylation is 2. The third-order valence-electron chi connectivity index (χ3n) is 5.57. The average Bonchev–Trinajstić information content (AvgIpc) is 3.31. The quantitative estimate of drug-likeness (QED) is 0.250. The molecule has 5 nitrogen and oxygen atoms in total. The van der Waals surface area contributed by atoms with E-state index < -0.39 is 0 Å². The third-order valence-corrected chi connectivity index (χ3v) is 6.55. The van der Waals surface area contributed by atoms with E-state index in [1.165, 1.54) is 22.0 Å². The first kappa shape index (κ1) is 21.5. The van der Waals surface area contributed by atoms with Crippen LogP contribution >= 0.6 is 11.8 Å². The molecule has 2 aromatic carbocycles. The molecule has 0 saturated heterocycles. The van der Waals surface area contributed by atoms with Gasteiger partial charge in [0.25, 0.3) is 0 Å². The Bertz CT molecular complexity index is 1190. The zero-order chi connectivity index (χ0) is 22.0. The molecular weight excluding hydrogens is 404 g/mol. The van der Waals surface area contributed by atoms with Gasteiger partial charge >= 0.3 is 0 Å². The number of hydrogen-bond acceptors (Lipinski definition) is 4. The highest BCUT2D eigenvalue weighted by atomic mass is 32.2. The van der Waals surface area contributed by atoms with E-state index in [2.05, 4.69) is 95.7 Å². The van der Waals surface area contributed by atoms with Crippen molar-refractivity contribution in [2.24, 2.45) is 7.05 Å². The topological polar surface area (TPSA) is 44.9 Å². The van der Waals surface area contributed by atoms with Gasteiger partial charge in [-0.2, -0.15) is 0 Å². The number of thioether (sulfide) groups is 1. The molecule has 0 aliphatic carbocycles. The zero-order valence-electron chi connectivity index (χ0n) is 18.9. The summed E-state index contributed by atoms with van der Waals surface area (Å²) in [6.45, 7) is 10.2. The predicted octanol–water partition coefficient (Wildman–Crippen LogP) is 6.06. The molecule has 0 N–H and O–H groups in total. The molecule has 0 atom stereocenters. The van der Waals surface area contributed by atoms with Crippen LogP contribution in [0, 0.1) is 6.92 Å². The van der Waals surface area contributed by atoms with Crippen LogP contribution in [0.1, 0.15) is 37.8 Å². The Kier molecular flexibility index (Phi) is 6.37. The molecule has 0 aliphatic rings. The van der Waals surface area contributed by atoms with Crippen LogP contribution in [0.15, 0.2) is 53.8 Å². The lowest BCUT2D eigenvalue weighted by molar-refractivity contribution is 0.338. The van der Waals surface area contributed by atoms with Gasteiger partial charge in [0.05, 0.1) is 6.61 Å². The van der Waals surface area contributed by atoms with Gasteiger partial charge in [0.15, 0.2) is 11.0 Å². The molecule has 2 aromatic heterocycles. The van der Waals surface area contributed by atoms with Crippen molar-refractivity contribution in [1.29, 1.82) is 0 Å². The van der Waals surface area contributed by atoms with Crippen molar-refractivity contribution in [2.75, 3.05) is 12.4 Å². The van der Waals surface area contributed by atoms with Crippen molar-refractivity contribution in [1.82, 2.24) is 19.3 Å². The van der Waals surface area contributed by atoms with E-state index in [-0.39, 0.29) is 0 Å². The number of hydrogen-bond donors (Lipinski definition) is 0. The molecule has 0 aliphatic heterocycles. The first-order chi connectivity index (χ1) is 15.0. The summed E-state index contributed by atoms with van der Waals surface area (Å²) in [4.78, 5) is 0. The number of rotatable bonds is 8. The lowest BCUT2D eigenvalue weighted by Crippen LogP contribution is -2.05. The standard InChI is InChI=1S/C25H30N4OS/c1-6-29-16-21(20-9-7-8-10-22(20)29)24-26-27-25(28(24)5)31-14-13-30-23-15-18(4)11-12-19(23)17(2)3/h7-12,15-17H,6,13-14H2,1-5H3. The van der Waals surface area contributed by atoms with Crippen LogP contribution in [-0.4, -0.2) is 31.7 Å². The van der Waals surface area contributed by atoms with Crippen molar-refractivity contribution in [2.45, 2.75) is 45.3 Å². The maximum atomic E-state index is 6.13. The van der Waals surface area contributed by atoms with Gasteiger partial charge in [-0.25, -0.2) is 0 Å². The van der Waals surface area contributed by atoms with Gasteiger partial charge in [-0.3, -0.25) is 0 Å². The number of aromatic nitrogens is 4. The van der Waals surface area contributed by atoms with Gasteiger partial charge < -0.3 is 13.9 Å². The number of fused-ring (bicyclic) bond motifs is 1. The van der Waals surface area contributed by atoms with Gasteiger partial charge in [0.1, 0.15) is 5.75 Å². The molecular formula is C25H30N4OS. The number of benzene rings is 2. The number of ether oxygens (including phenoxy) is 1. The van der Waals surface area contributed by atoms with Crippen LogP contribution in [0.25, 0.3) is 22.3 Å². The Labute approximate surface area is 188 Å². The second kappa shape index (κ2) is 9.18. The van der Waals surface area contributed by atoms with Crippen LogP contribution < -0.4 is 4.74 Å². The molecule has 0 fully saturated rings. The summed E-state index contributed by atoms with van der Waals surface area (Å²) in [5.41, 5.74) is 4.82. The van der Waals surface area contributed by atoms with Crippen LogP contribution in [0.5, 0.6) is 5.75 Å². The fraction of sp³-hybridized carbons (Fsp3) is 0.360. The summed E-state index contributed by atoms with van der Waals surface area (Å²) in [6, 6.07) is 14.9. The largest absolute Gasteiger partial charge is 0.492 e. The maximum absolute atomic E-state index is 6.13. The van der Waals surface area contributed by atoms with E-state index in [4.69, 9.17) is 4.74 Å². The maximum Gasteiger partial charge on any atom is 0.191 e. The van der Waals surface area contributed by atoms with Crippen molar-refractivity contribution in [3.05, 3.63) is 59.8 Å². The molecule has 6 heteroatoms. The minimum atomic E-state index is 0.440. The van der Waals surface area contributed by atoms with Gasteiger partial charge in [0, 0.05) is 42.0 Å². The molecule has 4 aromatic rings. The Balaban J connectivity index is 1.47. The molecule has 0 unspecified atom stereocenters. The first-order valence-corrected chi connectivity index (χ1v) is 11.8. The Hall–Kier alpha value is -2.73. The second-order valence-electron chi connectivity index (χ2n) is 8.10. The molecule has 0 spiro atoms. The fourth-order valence-corrected chi connectivity index (χ4v) is 4.62. The molecule has 2 heterocycles. The van der Waals surface area contributed by atoms with Crippen molar-refractivity contribution in [3.63, 3.8) is 0 Å². The normalized spacial score (nSPS) is 11.5. The Morgan fingerprint density at radius 3 is 2.68 bits per heavy atom. The van der Waals surface area contributed by atoms with Crippen LogP contribution in [-0.2, 0) is 13.6 Å². The highest BCUT2D eigenvalue weighted by Gasteiger charge is 2.17. The summed E-state index contributed by atoms with van der Waals surface area (Å²) >= 11 is 1.68. The zero-order valence-corrected chi connectivity index (χ0v) is 19.7. The van der Waals surface area contributed by atoms with Crippen LogP contribution in [0.2, 0.25) is 0 Å². The third kappa shape index (κ3) is 4.35. The highest BCUT2D eigenvalue weighted by molar-refractivity contribution is 7.99. The molecule has 0 bridgehead atoms. The minimum Gasteiger partial charge on any atom is -0.492 e. The fourth-order valence-electron chi connectivity index (χ4n) is 3.89. The van der Waals surface area contributed by atoms with E-state index >= 15 is 0 Å². The van der Waals surface area contributed by atoms with Gasteiger partial charge in [-0.15, -0.1) is 10.2 Å². The lowest BCUT2D eigenvalue weighted by Gasteiger charge is -2.14. The van der Waals surface area contributed by atoms with Crippen molar-refractivity contribution >= 4 is 22.7 Å². The van der Waals surface area contributed by atoms with Crippen molar-refractivity contribution in [3.8, 4) is 17.1 Å².